The van der Waals surface area contributed by atoms with Crippen molar-refractivity contribution in [3.8, 4) is 0 Å². The molecule has 2 aromatic rings. The van der Waals surface area contributed by atoms with E-state index in [0.29, 0.717) is 12.2 Å². The first-order valence-corrected chi connectivity index (χ1v) is 10.9. The van der Waals surface area contributed by atoms with Crippen LogP contribution in [0.5, 0.6) is 0 Å². The molecule has 2 heterocycles. The summed E-state index contributed by atoms with van der Waals surface area (Å²) in [6, 6.07) is 11.3. The van der Waals surface area contributed by atoms with E-state index in [9.17, 15) is 9.59 Å². The summed E-state index contributed by atoms with van der Waals surface area (Å²) in [5.74, 6) is 0.599. The molecule has 0 spiro atoms. The van der Waals surface area contributed by atoms with Crippen molar-refractivity contribution in [2.24, 2.45) is 0 Å². The second-order valence-electron chi connectivity index (χ2n) is 10.6. The maximum absolute atomic E-state index is 13.3. The topological polar surface area (TPSA) is 65.5 Å². The number of aromatic nitrogens is 1. The van der Waals surface area contributed by atoms with E-state index in [1.165, 1.54) is 4.90 Å². The SMILES string of the molecule is CC1(Nc2cc(CN3C(=O)N(c4ccc(C(C)(C)C)cc4)C(=O)C3(C)C)ccn2)CC1. The lowest BCUT2D eigenvalue weighted by molar-refractivity contribution is -0.123. The van der Waals surface area contributed by atoms with Crippen LogP contribution in [0, 0.1) is 0 Å². The number of rotatable bonds is 5. The van der Waals surface area contributed by atoms with Crippen LogP contribution >= 0.6 is 0 Å². The normalized spacial score (nSPS) is 19.7. The lowest BCUT2D eigenvalue weighted by Gasteiger charge is -2.28. The molecule has 164 valence electrons. The first-order valence-electron chi connectivity index (χ1n) is 10.9. The smallest absolute Gasteiger partial charge is 0.332 e. The highest BCUT2D eigenvalue weighted by Gasteiger charge is 2.51. The van der Waals surface area contributed by atoms with Crippen LogP contribution in [-0.2, 0) is 16.8 Å². The van der Waals surface area contributed by atoms with Crippen LogP contribution in [0.1, 0.15) is 65.5 Å². The van der Waals surface area contributed by atoms with Crippen LogP contribution < -0.4 is 10.2 Å². The molecule has 0 unspecified atom stereocenters. The third kappa shape index (κ3) is 4.03. The molecule has 1 saturated heterocycles. The van der Waals surface area contributed by atoms with Crippen molar-refractivity contribution in [3.05, 3.63) is 53.7 Å². The molecule has 31 heavy (non-hydrogen) atoms. The summed E-state index contributed by atoms with van der Waals surface area (Å²) >= 11 is 0. The van der Waals surface area contributed by atoms with Crippen molar-refractivity contribution in [1.29, 1.82) is 0 Å². The number of carbonyl (C=O) groups excluding carboxylic acids is 2. The van der Waals surface area contributed by atoms with Crippen molar-refractivity contribution >= 4 is 23.4 Å². The molecule has 6 heteroatoms. The third-order valence-corrected chi connectivity index (χ3v) is 6.41. The Morgan fingerprint density at radius 1 is 1.03 bits per heavy atom. The van der Waals surface area contributed by atoms with E-state index in [1.807, 2.05) is 50.2 Å². The molecule has 6 nitrogen and oxygen atoms in total. The fourth-order valence-electron chi connectivity index (χ4n) is 3.88. The summed E-state index contributed by atoms with van der Waals surface area (Å²) < 4.78 is 0. The Bertz CT molecular complexity index is 1020. The van der Waals surface area contributed by atoms with E-state index in [1.54, 1.807) is 11.1 Å². The Morgan fingerprint density at radius 3 is 2.26 bits per heavy atom. The Morgan fingerprint density at radius 2 is 1.68 bits per heavy atom. The molecule has 1 N–H and O–H groups in total. The monoisotopic (exact) mass is 420 g/mol. The van der Waals surface area contributed by atoms with Gasteiger partial charge < -0.3 is 10.2 Å². The largest absolute Gasteiger partial charge is 0.365 e. The van der Waals surface area contributed by atoms with Gasteiger partial charge in [0.05, 0.1) is 5.69 Å². The number of anilines is 2. The van der Waals surface area contributed by atoms with E-state index in [-0.39, 0.29) is 22.9 Å². The van der Waals surface area contributed by atoms with E-state index in [0.717, 1.165) is 29.8 Å². The summed E-state index contributed by atoms with van der Waals surface area (Å²) in [6.07, 6.45) is 4.02. The van der Waals surface area contributed by atoms with Crippen LogP contribution in [0.4, 0.5) is 16.3 Å². The van der Waals surface area contributed by atoms with Crippen LogP contribution in [0.15, 0.2) is 42.6 Å². The number of amides is 3. The maximum atomic E-state index is 13.3. The third-order valence-electron chi connectivity index (χ3n) is 6.41. The Hall–Kier alpha value is -2.89. The number of benzene rings is 1. The summed E-state index contributed by atoms with van der Waals surface area (Å²) in [4.78, 5) is 33.9. The van der Waals surface area contributed by atoms with Crippen LogP contribution in [0.3, 0.4) is 0 Å². The van der Waals surface area contributed by atoms with Gasteiger partial charge in [-0.05, 0) is 74.4 Å². The second kappa shape index (κ2) is 7.08. The number of pyridine rings is 1. The van der Waals surface area contributed by atoms with Crippen LogP contribution in [0.25, 0.3) is 0 Å². The van der Waals surface area contributed by atoms with Gasteiger partial charge in [-0.25, -0.2) is 14.7 Å². The number of imide groups is 1. The fraction of sp³-hybridized carbons (Fsp3) is 0.480. The number of nitrogens with one attached hydrogen (secondary N) is 1. The van der Waals surface area contributed by atoms with Crippen molar-refractivity contribution in [2.45, 2.75) is 77.4 Å². The zero-order valence-corrected chi connectivity index (χ0v) is 19.3. The fourth-order valence-corrected chi connectivity index (χ4v) is 3.88. The van der Waals surface area contributed by atoms with Gasteiger partial charge in [0.2, 0.25) is 0 Å². The number of hydrogen-bond acceptors (Lipinski definition) is 4. The summed E-state index contributed by atoms with van der Waals surface area (Å²) in [6.45, 7) is 12.6. The summed E-state index contributed by atoms with van der Waals surface area (Å²) in [5, 5.41) is 3.46. The van der Waals surface area contributed by atoms with Gasteiger partial charge >= 0.3 is 6.03 Å². The van der Waals surface area contributed by atoms with Crippen LogP contribution in [0.2, 0.25) is 0 Å². The van der Waals surface area contributed by atoms with Gasteiger partial charge in [-0.2, -0.15) is 0 Å². The molecule has 4 rings (SSSR count). The first-order chi connectivity index (χ1) is 14.4. The van der Waals surface area contributed by atoms with E-state index >= 15 is 0 Å². The molecule has 1 aliphatic carbocycles. The van der Waals surface area contributed by atoms with Crippen molar-refractivity contribution < 1.29 is 9.59 Å². The Balaban J connectivity index is 1.57. The first kappa shape index (κ1) is 21.3. The molecule has 1 aromatic carbocycles. The van der Waals surface area contributed by atoms with Gasteiger partial charge in [0.15, 0.2) is 0 Å². The Kier molecular flexibility index (Phi) is 4.87. The van der Waals surface area contributed by atoms with Crippen molar-refractivity contribution in [1.82, 2.24) is 9.88 Å². The molecule has 2 aliphatic rings. The van der Waals surface area contributed by atoms with Gasteiger partial charge in [0.25, 0.3) is 5.91 Å². The molecule has 1 aromatic heterocycles. The molecule has 0 radical (unpaired) electrons. The number of urea groups is 1. The molecular formula is C25H32N4O2. The highest BCUT2D eigenvalue weighted by molar-refractivity contribution is 6.22. The molecule has 0 bridgehead atoms. The predicted molar refractivity (Wildman–Crippen MR) is 123 cm³/mol. The predicted octanol–water partition coefficient (Wildman–Crippen LogP) is 5.09. The summed E-state index contributed by atoms with van der Waals surface area (Å²) in [5.41, 5.74) is 1.92. The highest BCUT2D eigenvalue weighted by atomic mass is 16.2. The van der Waals surface area contributed by atoms with Gasteiger partial charge in [-0.3, -0.25) is 4.79 Å². The van der Waals surface area contributed by atoms with Crippen molar-refractivity contribution in [3.63, 3.8) is 0 Å². The van der Waals surface area contributed by atoms with Crippen molar-refractivity contribution in [2.75, 3.05) is 10.2 Å². The average Bonchev–Trinajstić information content (AvgIpc) is 3.38. The molecule has 0 atom stereocenters. The minimum Gasteiger partial charge on any atom is -0.365 e. The standard InChI is InChI=1S/C25H32N4O2/c1-23(2,3)18-7-9-19(10-8-18)29-21(30)24(4,5)28(22(29)31)16-17-11-14-26-20(15-17)27-25(6)12-13-25/h7-11,14-15H,12-13,16H2,1-6H3,(H,26,27). The Labute approximate surface area is 184 Å². The van der Waals surface area contributed by atoms with Crippen LogP contribution in [-0.4, -0.2) is 32.9 Å². The molecule has 1 aliphatic heterocycles. The average molecular weight is 421 g/mol. The molecular weight excluding hydrogens is 388 g/mol. The van der Waals surface area contributed by atoms with E-state index in [4.69, 9.17) is 0 Å². The molecule has 2 fully saturated rings. The lowest BCUT2D eigenvalue weighted by Crippen LogP contribution is -2.43. The number of carbonyl (C=O) groups is 2. The molecule has 1 saturated carbocycles. The highest BCUT2D eigenvalue weighted by Crippen LogP contribution is 2.38. The zero-order valence-electron chi connectivity index (χ0n) is 19.3. The van der Waals surface area contributed by atoms with Gasteiger partial charge in [0, 0.05) is 18.3 Å². The van der Waals surface area contributed by atoms with Gasteiger partial charge in [0.1, 0.15) is 11.4 Å². The quantitative estimate of drug-likeness (QED) is 0.684. The second-order valence-corrected chi connectivity index (χ2v) is 10.6. The van der Waals surface area contributed by atoms with Gasteiger partial charge in [-0.15, -0.1) is 0 Å². The number of nitrogens with zero attached hydrogens (tertiary/aromatic N) is 3. The number of hydrogen-bond donors (Lipinski definition) is 1. The minimum atomic E-state index is -0.931. The minimum absolute atomic E-state index is 0.00743. The molecule has 3 amide bonds. The summed E-state index contributed by atoms with van der Waals surface area (Å²) in [7, 11) is 0. The van der Waals surface area contributed by atoms with Gasteiger partial charge in [-0.1, -0.05) is 32.9 Å². The van der Waals surface area contributed by atoms with E-state index < -0.39 is 5.54 Å². The lowest BCUT2D eigenvalue weighted by atomic mass is 9.87. The maximum Gasteiger partial charge on any atom is 0.332 e. The van der Waals surface area contributed by atoms with E-state index in [2.05, 4.69) is 38.0 Å². The zero-order chi connectivity index (χ0) is 22.6.